The average molecular weight is 342 g/mol. The van der Waals surface area contributed by atoms with Gasteiger partial charge in [-0.1, -0.05) is 17.7 Å². The third kappa shape index (κ3) is 3.16. The minimum atomic E-state index is -0.0432. The number of thiophene rings is 1. The van der Waals surface area contributed by atoms with Gasteiger partial charge in [0.25, 0.3) is 5.91 Å². The highest BCUT2D eigenvalue weighted by Crippen LogP contribution is 2.26. The molecule has 1 aliphatic heterocycles. The largest absolute Gasteiger partial charge is 0.347 e. The fourth-order valence-electron chi connectivity index (χ4n) is 3.40. The Labute approximate surface area is 145 Å². The molecule has 24 heavy (non-hydrogen) atoms. The van der Waals surface area contributed by atoms with Gasteiger partial charge in [-0.25, -0.2) is 4.68 Å². The molecule has 2 aliphatic rings. The first-order valence-electron chi connectivity index (χ1n) is 8.64. The Morgan fingerprint density at radius 2 is 2.38 bits per heavy atom. The van der Waals surface area contributed by atoms with E-state index in [0.717, 1.165) is 23.5 Å². The standard InChI is InChI=1S/C18H22N4OS/c23-18-15-11-14(16-7-4-10-24-16)21-22(15)17(12-20-18)19-9-8-13-5-2-1-3-6-13/h4-5,7,10-11,17,19H,1-3,6,8-9,12H2,(H,20,23)/t17-/m0/s1. The quantitative estimate of drug-likeness (QED) is 0.820. The minimum absolute atomic E-state index is 0.0237. The van der Waals surface area contributed by atoms with Crippen molar-refractivity contribution in [2.75, 3.05) is 13.1 Å². The number of aromatic nitrogens is 2. The Hall–Kier alpha value is -1.92. The van der Waals surface area contributed by atoms with E-state index in [9.17, 15) is 4.79 Å². The third-order valence-corrected chi connectivity index (χ3v) is 5.60. The highest BCUT2D eigenvalue weighted by Gasteiger charge is 2.27. The van der Waals surface area contributed by atoms with Gasteiger partial charge in [0.1, 0.15) is 17.6 Å². The zero-order valence-electron chi connectivity index (χ0n) is 13.6. The zero-order chi connectivity index (χ0) is 16.4. The molecule has 0 aromatic carbocycles. The van der Waals surface area contributed by atoms with Gasteiger partial charge in [0.15, 0.2) is 0 Å². The van der Waals surface area contributed by atoms with E-state index in [1.54, 1.807) is 16.9 Å². The van der Waals surface area contributed by atoms with Crippen LogP contribution in [0.4, 0.5) is 0 Å². The number of hydrogen-bond acceptors (Lipinski definition) is 4. The highest BCUT2D eigenvalue weighted by atomic mass is 32.1. The molecule has 2 N–H and O–H groups in total. The molecule has 6 heteroatoms. The second-order valence-electron chi connectivity index (χ2n) is 6.37. The molecule has 1 aliphatic carbocycles. The lowest BCUT2D eigenvalue weighted by Gasteiger charge is -2.26. The summed E-state index contributed by atoms with van der Waals surface area (Å²) in [4.78, 5) is 13.2. The SMILES string of the molecule is O=C1NC[C@@H](NCCC2=CCCCC2)n2nc(-c3cccs3)cc21. The van der Waals surface area contributed by atoms with E-state index in [4.69, 9.17) is 0 Å². The monoisotopic (exact) mass is 342 g/mol. The molecular weight excluding hydrogens is 320 g/mol. The molecule has 0 bridgehead atoms. The number of allylic oxidation sites excluding steroid dienone is 1. The van der Waals surface area contributed by atoms with Crippen molar-refractivity contribution in [3.8, 4) is 10.6 Å². The molecule has 5 nitrogen and oxygen atoms in total. The van der Waals surface area contributed by atoms with Crippen molar-refractivity contribution in [3.05, 3.63) is 40.9 Å². The summed E-state index contributed by atoms with van der Waals surface area (Å²) in [6, 6.07) is 5.93. The molecule has 2 aromatic rings. The first-order valence-corrected chi connectivity index (χ1v) is 9.52. The lowest BCUT2D eigenvalue weighted by atomic mass is 9.97. The Morgan fingerprint density at radius 3 is 3.17 bits per heavy atom. The maximum Gasteiger partial charge on any atom is 0.269 e. The van der Waals surface area contributed by atoms with Gasteiger partial charge >= 0.3 is 0 Å². The van der Waals surface area contributed by atoms with Crippen LogP contribution in [0.2, 0.25) is 0 Å². The van der Waals surface area contributed by atoms with Crippen LogP contribution >= 0.6 is 11.3 Å². The van der Waals surface area contributed by atoms with Crippen LogP contribution in [0.15, 0.2) is 35.2 Å². The van der Waals surface area contributed by atoms with E-state index in [0.29, 0.717) is 12.2 Å². The number of carbonyl (C=O) groups excluding carboxylic acids is 1. The zero-order valence-corrected chi connectivity index (χ0v) is 14.4. The summed E-state index contributed by atoms with van der Waals surface area (Å²) < 4.78 is 1.85. The molecule has 0 fully saturated rings. The van der Waals surface area contributed by atoms with Crippen LogP contribution in [0.25, 0.3) is 10.6 Å². The van der Waals surface area contributed by atoms with Gasteiger partial charge in [0.2, 0.25) is 0 Å². The molecule has 0 unspecified atom stereocenters. The van der Waals surface area contributed by atoms with Crippen LogP contribution in [0.5, 0.6) is 0 Å². The van der Waals surface area contributed by atoms with Crippen molar-refractivity contribution in [1.82, 2.24) is 20.4 Å². The fourth-order valence-corrected chi connectivity index (χ4v) is 4.08. The predicted molar refractivity (Wildman–Crippen MR) is 96.1 cm³/mol. The summed E-state index contributed by atoms with van der Waals surface area (Å²) in [7, 11) is 0. The summed E-state index contributed by atoms with van der Waals surface area (Å²) in [5.74, 6) is -0.0432. The molecule has 126 valence electrons. The maximum absolute atomic E-state index is 12.1. The molecule has 0 saturated carbocycles. The number of nitrogens with one attached hydrogen (secondary N) is 2. The normalized spacial score (nSPS) is 20.4. The van der Waals surface area contributed by atoms with Crippen LogP contribution < -0.4 is 10.6 Å². The number of hydrogen-bond donors (Lipinski definition) is 2. The van der Waals surface area contributed by atoms with Crippen molar-refractivity contribution in [3.63, 3.8) is 0 Å². The van der Waals surface area contributed by atoms with Crippen molar-refractivity contribution in [1.29, 1.82) is 0 Å². The van der Waals surface area contributed by atoms with Crippen molar-refractivity contribution in [2.45, 2.75) is 38.3 Å². The number of carbonyl (C=O) groups is 1. The number of fused-ring (bicyclic) bond motifs is 1. The summed E-state index contributed by atoms with van der Waals surface area (Å²) >= 11 is 1.64. The van der Waals surface area contributed by atoms with Gasteiger partial charge in [-0.05, 0) is 49.6 Å². The molecule has 2 aromatic heterocycles. The Balaban J connectivity index is 1.47. The number of nitrogens with zero attached hydrogens (tertiary/aromatic N) is 2. The van der Waals surface area contributed by atoms with E-state index in [1.807, 2.05) is 28.3 Å². The Kier molecular flexibility index (Phi) is 4.49. The van der Waals surface area contributed by atoms with Crippen molar-refractivity contribution in [2.24, 2.45) is 0 Å². The predicted octanol–water partition coefficient (Wildman–Crippen LogP) is 3.33. The second-order valence-corrected chi connectivity index (χ2v) is 7.32. The van der Waals surface area contributed by atoms with Crippen LogP contribution in [-0.4, -0.2) is 28.8 Å². The lowest BCUT2D eigenvalue weighted by molar-refractivity contribution is 0.0900. The molecular formula is C18H22N4OS. The molecule has 0 spiro atoms. The minimum Gasteiger partial charge on any atom is -0.347 e. The molecule has 4 rings (SSSR count). The first kappa shape index (κ1) is 15.6. The van der Waals surface area contributed by atoms with E-state index < -0.39 is 0 Å². The van der Waals surface area contributed by atoms with Gasteiger partial charge in [-0.3, -0.25) is 10.1 Å². The van der Waals surface area contributed by atoms with Crippen LogP contribution in [0.3, 0.4) is 0 Å². The molecule has 3 heterocycles. The van der Waals surface area contributed by atoms with Gasteiger partial charge < -0.3 is 5.32 Å². The van der Waals surface area contributed by atoms with Crippen LogP contribution in [0, 0.1) is 0 Å². The van der Waals surface area contributed by atoms with Gasteiger partial charge in [-0.2, -0.15) is 5.10 Å². The second kappa shape index (κ2) is 6.91. The lowest BCUT2D eigenvalue weighted by Crippen LogP contribution is -2.45. The van der Waals surface area contributed by atoms with E-state index >= 15 is 0 Å². The van der Waals surface area contributed by atoms with Gasteiger partial charge in [0, 0.05) is 6.54 Å². The molecule has 1 amide bonds. The van der Waals surface area contributed by atoms with E-state index in [1.165, 1.54) is 25.7 Å². The Morgan fingerprint density at radius 1 is 1.42 bits per heavy atom. The first-order chi connectivity index (χ1) is 11.8. The summed E-state index contributed by atoms with van der Waals surface area (Å²) in [5.41, 5.74) is 3.08. The van der Waals surface area contributed by atoms with Gasteiger partial charge in [-0.15, -0.1) is 11.3 Å². The van der Waals surface area contributed by atoms with E-state index in [-0.39, 0.29) is 12.1 Å². The topological polar surface area (TPSA) is 59.0 Å². The number of rotatable bonds is 5. The van der Waals surface area contributed by atoms with Crippen LogP contribution in [0.1, 0.15) is 48.8 Å². The molecule has 0 radical (unpaired) electrons. The van der Waals surface area contributed by atoms with Crippen molar-refractivity contribution < 1.29 is 4.79 Å². The summed E-state index contributed by atoms with van der Waals surface area (Å²) in [6.07, 6.45) is 8.60. The number of amides is 1. The van der Waals surface area contributed by atoms with Crippen LogP contribution in [-0.2, 0) is 0 Å². The van der Waals surface area contributed by atoms with E-state index in [2.05, 4.69) is 21.8 Å². The van der Waals surface area contributed by atoms with Crippen molar-refractivity contribution >= 4 is 17.2 Å². The summed E-state index contributed by atoms with van der Waals surface area (Å²) in [6.45, 7) is 1.50. The fraction of sp³-hybridized carbons (Fsp3) is 0.444. The highest BCUT2D eigenvalue weighted by molar-refractivity contribution is 7.13. The maximum atomic E-state index is 12.1. The average Bonchev–Trinajstić information content (AvgIpc) is 3.27. The molecule has 0 saturated heterocycles. The van der Waals surface area contributed by atoms with Gasteiger partial charge in [0.05, 0.1) is 11.4 Å². The smallest absolute Gasteiger partial charge is 0.269 e. The Bertz CT molecular complexity index is 747. The molecule has 1 atom stereocenters. The third-order valence-electron chi connectivity index (χ3n) is 4.70. The summed E-state index contributed by atoms with van der Waals surface area (Å²) in [5, 5.41) is 13.2.